The molecule has 0 aromatic carbocycles. The molecule has 2 heteroatoms. The summed E-state index contributed by atoms with van der Waals surface area (Å²) in [6.07, 6.45) is 10.2. The van der Waals surface area contributed by atoms with Crippen molar-refractivity contribution in [3.05, 3.63) is 0 Å². The molecule has 0 bridgehead atoms. The summed E-state index contributed by atoms with van der Waals surface area (Å²) < 4.78 is 0. The van der Waals surface area contributed by atoms with E-state index < -0.39 is 0 Å². The van der Waals surface area contributed by atoms with Gasteiger partial charge in [-0.2, -0.15) is 0 Å². The molecule has 0 amide bonds. The normalized spacial score (nSPS) is 39.0. The average Bonchev–Trinajstić information content (AvgIpc) is 2.57. The molecule has 2 N–H and O–H groups in total. The molecule has 2 atom stereocenters. The van der Waals surface area contributed by atoms with Crippen molar-refractivity contribution in [3.63, 3.8) is 0 Å². The third-order valence-electron chi connectivity index (χ3n) is 3.44. The van der Waals surface area contributed by atoms with Crippen LogP contribution < -0.4 is 10.6 Å². The molecule has 0 radical (unpaired) electrons. The second-order valence-corrected chi connectivity index (χ2v) is 4.53. The third kappa shape index (κ3) is 2.23. The van der Waals surface area contributed by atoms with Crippen molar-refractivity contribution in [3.8, 4) is 0 Å². The van der Waals surface area contributed by atoms with E-state index in [0.717, 1.165) is 12.1 Å². The highest BCUT2D eigenvalue weighted by molar-refractivity contribution is 4.95. The van der Waals surface area contributed by atoms with Crippen LogP contribution in [0.15, 0.2) is 0 Å². The molecule has 76 valence electrons. The van der Waals surface area contributed by atoms with E-state index in [4.69, 9.17) is 0 Å². The Bertz CT molecular complexity index is 144. The molecule has 2 nitrogen and oxygen atoms in total. The Morgan fingerprint density at radius 1 is 1.08 bits per heavy atom. The summed E-state index contributed by atoms with van der Waals surface area (Å²) in [5.74, 6) is 0. The van der Waals surface area contributed by atoms with Crippen molar-refractivity contribution in [2.75, 3.05) is 0 Å². The van der Waals surface area contributed by atoms with E-state index in [0.29, 0.717) is 6.17 Å². The van der Waals surface area contributed by atoms with Crippen molar-refractivity contribution in [1.82, 2.24) is 10.6 Å². The lowest BCUT2D eigenvalue weighted by Crippen LogP contribution is -2.36. The average molecular weight is 182 g/mol. The standard InChI is InChI=1S/C11H22N2/c1-2-3-8-11-12-9-6-4-5-7-10(9)13-11/h9-13H,2-8H2,1H3. The maximum absolute atomic E-state index is 3.72. The van der Waals surface area contributed by atoms with Crippen molar-refractivity contribution in [1.29, 1.82) is 0 Å². The maximum atomic E-state index is 3.72. The third-order valence-corrected chi connectivity index (χ3v) is 3.44. The van der Waals surface area contributed by atoms with Gasteiger partial charge in [-0.25, -0.2) is 0 Å². The van der Waals surface area contributed by atoms with E-state index in [1.165, 1.54) is 44.9 Å². The molecule has 0 spiro atoms. The molecule has 1 heterocycles. The van der Waals surface area contributed by atoms with Crippen LogP contribution >= 0.6 is 0 Å². The highest BCUT2D eigenvalue weighted by atomic mass is 15.2. The van der Waals surface area contributed by atoms with Crippen LogP contribution in [0.4, 0.5) is 0 Å². The lowest BCUT2D eigenvalue weighted by molar-refractivity contribution is 0.374. The van der Waals surface area contributed by atoms with Crippen LogP contribution in [-0.2, 0) is 0 Å². The molecule has 13 heavy (non-hydrogen) atoms. The second kappa shape index (κ2) is 4.43. The van der Waals surface area contributed by atoms with Crippen LogP contribution in [-0.4, -0.2) is 18.2 Å². The molecule has 0 aromatic rings. The number of rotatable bonds is 3. The Kier molecular flexibility index (Phi) is 3.23. The summed E-state index contributed by atoms with van der Waals surface area (Å²) in [6.45, 7) is 2.27. The van der Waals surface area contributed by atoms with Crippen molar-refractivity contribution in [2.24, 2.45) is 0 Å². The van der Waals surface area contributed by atoms with E-state index in [1.54, 1.807) is 0 Å². The van der Waals surface area contributed by atoms with Gasteiger partial charge in [-0.15, -0.1) is 0 Å². The predicted molar refractivity (Wildman–Crippen MR) is 55.6 cm³/mol. The van der Waals surface area contributed by atoms with Crippen LogP contribution in [0.1, 0.15) is 51.9 Å². The van der Waals surface area contributed by atoms with E-state index in [9.17, 15) is 0 Å². The minimum absolute atomic E-state index is 0.619. The van der Waals surface area contributed by atoms with E-state index in [-0.39, 0.29) is 0 Å². The highest BCUT2D eigenvalue weighted by Gasteiger charge is 2.33. The first-order chi connectivity index (χ1) is 6.40. The first-order valence-corrected chi connectivity index (χ1v) is 5.92. The van der Waals surface area contributed by atoms with Gasteiger partial charge in [0.2, 0.25) is 0 Å². The summed E-state index contributed by atoms with van der Waals surface area (Å²) in [7, 11) is 0. The first kappa shape index (κ1) is 9.47. The van der Waals surface area contributed by atoms with Gasteiger partial charge in [-0.1, -0.05) is 32.6 Å². The molecule has 0 aromatic heterocycles. The molecule has 2 rings (SSSR count). The summed E-state index contributed by atoms with van der Waals surface area (Å²) >= 11 is 0. The van der Waals surface area contributed by atoms with Gasteiger partial charge in [0.25, 0.3) is 0 Å². The molecular weight excluding hydrogens is 160 g/mol. The zero-order valence-electron chi connectivity index (χ0n) is 8.68. The Morgan fingerprint density at radius 2 is 1.69 bits per heavy atom. The number of unbranched alkanes of at least 4 members (excludes halogenated alkanes) is 1. The fraction of sp³-hybridized carbons (Fsp3) is 1.00. The van der Waals surface area contributed by atoms with Crippen LogP contribution in [0.2, 0.25) is 0 Å². The van der Waals surface area contributed by atoms with Gasteiger partial charge >= 0.3 is 0 Å². The van der Waals surface area contributed by atoms with Gasteiger partial charge in [0.05, 0.1) is 6.17 Å². The van der Waals surface area contributed by atoms with E-state index in [1.807, 2.05) is 0 Å². The van der Waals surface area contributed by atoms with E-state index >= 15 is 0 Å². The number of nitrogens with one attached hydrogen (secondary N) is 2. The summed E-state index contributed by atoms with van der Waals surface area (Å²) in [6, 6.07) is 1.58. The SMILES string of the molecule is CCCCC1NC2CCCCC2N1. The lowest BCUT2D eigenvalue weighted by atomic mass is 9.92. The number of fused-ring (bicyclic) bond motifs is 1. The molecule has 2 aliphatic rings. The molecule has 1 saturated carbocycles. The molecule has 1 aliphatic heterocycles. The maximum Gasteiger partial charge on any atom is 0.0576 e. The zero-order chi connectivity index (χ0) is 9.10. The van der Waals surface area contributed by atoms with Gasteiger partial charge in [0, 0.05) is 12.1 Å². The monoisotopic (exact) mass is 182 g/mol. The summed E-state index contributed by atoms with van der Waals surface area (Å²) in [5, 5.41) is 7.43. The van der Waals surface area contributed by atoms with Gasteiger partial charge in [0.1, 0.15) is 0 Å². The quantitative estimate of drug-likeness (QED) is 0.697. The molecule has 2 fully saturated rings. The van der Waals surface area contributed by atoms with Crippen LogP contribution in [0.25, 0.3) is 0 Å². The molecule has 1 saturated heterocycles. The molecule has 2 unspecified atom stereocenters. The minimum atomic E-state index is 0.619. The Balaban J connectivity index is 1.77. The first-order valence-electron chi connectivity index (χ1n) is 5.92. The molecular formula is C11H22N2. The fourth-order valence-electron chi connectivity index (χ4n) is 2.67. The van der Waals surface area contributed by atoms with Crippen molar-refractivity contribution in [2.45, 2.75) is 70.1 Å². The number of hydrogen-bond acceptors (Lipinski definition) is 2. The Morgan fingerprint density at radius 3 is 2.23 bits per heavy atom. The van der Waals surface area contributed by atoms with E-state index in [2.05, 4.69) is 17.6 Å². The van der Waals surface area contributed by atoms with Gasteiger partial charge in [0.15, 0.2) is 0 Å². The van der Waals surface area contributed by atoms with Crippen LogP contribution in [0, 0.1) is 0 Å². The Labute approximate surface area is 81.5 Å². The Hall–Kier alpha value is -0.0800. The largest absolute Gasteiger partial charge is 0.298 e. The fourth-order valence-corrected chi connectivity index (χ4v) is 2.67. The van der Waals surface area contributed by atoms with Crippen LogP contribution in [0.5, 0.6) is 0 Å². The van der Waals surface area contributed by atoms with Gasteiger partial charge in [-0.05, 0) is 19.3 Å². The second-order valence-electron chi connectivity index (χ2n) is 4.53. The van der Waals surface area contributed by atoms with Crippen molar-refractivity contribution >= 4 is 0 Å². The molecule has 1 aliphatic carbocycles. The van der Waals surface area contributed by atoms with Crippen molar-refractivity contribution < 1.29 is 0 Å². The topological polar surface area (TPSA) is 24.1 Å². The minimum Gasteiger partial charge on any atom is -0.298 e. The van der Waals surface area contributed by atoms with Gasteiger partial charge in [-0.3, -0.25) is 10.6 Å². The van der Waals surface area contributed by atoms with Crippen LogP contribution in [0.3, 0.4) is 0 Å². The zero-order valence-corrected chi connectivity index (χ0v) is 8.68. The number of hydrogen-bond donors (Lipinski definition) is 2. The smallest absolute Gasteiger partial charge is 0.0576 e. The summed E-state index contributed by atoms with van der Waals surface area (Å²) in [5.41, 5.74) is 0. The lowest BCUT2D eigenvalue weighted by Gasteiger charge is -2.23. The summed E-state index contributed by atoms with van der Waals surface area (Å²) in [4.78, 5) is 0. The predicted octanol–water partition coefficient (Wildman–Crippen LogP) is 2.01. The van der Waals surface area contributed by atoms with Gasteiger partial charge < -0.3 is 0 Å². The highest BCUT2D eigenvalue weighted by Crippen LogP contribution is 2.23.